The van der Waals surface area contributed by atoms with Crippen LogP contribution in [0.5, 0.6) is 0 Å². The van der Waals surface area contributed by atoms with Gasteiger partial charge >= 0.3 is 0 Å². The third-order valence-electron chi connectivity index (χ3n) is 2.19. The van der Waals surface area contributed by atoms with E-state index in [9.17, 15) is 22.0 Å². The Morgan fingerprint density at radius 3 is 1.71 bits per heavy atom. The Hall–Kier alpha value is -1.43. The maximum Gasteiger partial charge on any atom is 0.200 e. The minimum absolute atomic E-state index is 0.00954. The van der Waals surface area contributed by atoms with E-state index in [0.29, 0.717) is 5.56 Å². The molecular weight excluding hydrogens is 259 g/mol. The van der Waals surface area contributed by atoms with Gasteiger partial charge in [-0.1, -0.05) is 0 Å². The molecule has 0 aliphatic carbocycles. The molecule has 1 heterocycles. The minimum Gasteiger partial charge on any atom is -0.203 e. The first-order chi connectivity index (χ1) is 7.93. The molecule has 6 heteroatoms. The van der Waals surface area contributed by atoms with Crippen LogP contribution in [0, 0.1) is 36.0 Å². The van der Waals surface area contributed by atoms with Gasteiger partial charge in [0.2, 0.25) is 5.82 Å². The first kappa shape index (κ1) is 12.0. The largest absolute Gasteiger partial charge is 0.203 e. The molecule has 2 rings (SSSR count). The molecule has 0 aliphatic heterocycles. The van der Waals surface area contributed by atoms with Crippen LogP contribution in [0.1, 0.15) is 5.56 Å². The first-order valence-corrected chi connectivity index (χ1v) is 5.38. The normalized spacial score (nSPS) is 10.9. The molecule has 2 aromatic rings. The summed E-state index contributed by atoms with van der Waals surface area (Å²) in [6.07, 6.45) is 0. The van der Waals surface area contributed by atoms with Crippen LogP contribution in [0.4, 0.5) is 22.0 Å². The third kappa shape index (κ3) is 1.82. The maximum absolute atomic E-state index is 13.4. The highest BCUT2D eigenvalue weighted by atomic mass is 32.1. The van der Waals surface area contributed by atoms with Gasteiger partial charge in [0, 0.05) is 4.88 Å². The molecule has 0 radical (unpaired) electrons. The van der Waals surface area contributed by atoms with Gasteiger partial charge in [-0.15, -0.1) is 11.3 Å². The Kier molecular flexibility index (Phi) is 2.91. The molecule has 17 heavy (non-hydrogen) atoms. The average Bonchev–Trinajstić information content (AvgIpc) is 2.71. The maximum atomic E-state index is 13.4. The fourth-order valence-corrected chi connectivity index (χ4v) is 2.32. The summed E-state index contributed by atoms with van der Waals surface area (Å²) in [5.41, 5.74) is -0.187. The van der Waals surface area contributed by atoms with Crippen molar-refractivity contribution in [2.24, 2.45) is 0 Å². The molecule has 0 aliphatic rings. The van der Waals surface area contributed by atoms with Crippen LogP contribution < -0.4 is 0 Å². The lowest BCUT2D eigenvalue weighted by atomic mass is 10.1. The minimum atomic E-state index is -2.14. The van der Waals surface area contributed by atoms with Crippen molar-refractivity contribution in [3.05, 3.63) is 46.1 Å². The van der Waals surface area contributed by atoms with Gasteiger partial charge < -0.3 is 0 Å². The summed E-state index contributed by atoms with van der Waals surface area (Å²) in [4.78, 5) is 0.00954. The van der Waals surface area contributed by atoms with Crippen LogP contribution in [0.25, 0.3) is 10.4 Å². The van der Waals surface area contributed by atoms with Crippen molar-refractivity contribution in [1.82, 2.24) is 0 Å². The SMILES string of the molecule is Cc1csc(-c2c(F)c(F)c(F)c(F)c2F)c1. The Bertz CT molecular complexity index is 559. The van der Waals surface area contributed by atoms with Gasteiger partial charge in [0.15, 0.2) is 23.3 Å². The molecule has 0 bridgehead atoms. The summed E-state index contributed by atoms with van der Waals surface area (Å²) < 4.78 is 65.4. The molecule has 0 fully saturated rings. The Labute approximate surface area is 97.3 Å². The molecule has 0 unspecified atom stereocenters. The van der Waals surface area contributed by atoms with E-state index in [0.717, 1.165) is 11.3 Å². The van der Waals surface area contributed by atoms with Gasteiger partial charge in [-0.2, -0.15) is 0 Å². The van der Waals surface area contributed by atoms with Gasteiger partial charge in [0.05, 0.1) is 5.56 Å². The van der Waals surface area contributed by atoms with Crippen LogP contribution >= 0.6 is 11.3 Å². The molecule has 0 nitrogen and oxygen atoms in total. The van der Waals surface area contributed by atoms with Crippen LogP contribution in [-0.4, -0.2) is 0 Å². The van der Waals surface area contributed by atoms with Crippen molar-refractivity contribution < 1.29 is 22.0 Å². The predicted molar refractivity (Wildman–Crippen MR) is 54.3 cm³/mol. The van der Waals surface area contributed by atoms with Crippen molar-refractivity contribution >= 4 is 11.3 Å². The van der Waals surface area contributed by atoms with Gasteiger partial charge in [-0.05, 0) is 23.9 Å². The molecule has 0 saturated carbocycles. The average molecular weight is 264 g/mol. The van der Waals surface area contributed by atoms with Crippen LogP contribution in [0.2, 0.25) is 0 Å². The van der Waals surface area contributed by atoms with E-state index in [-0.39, 0.29) is 4.88 Å². The summed E-state index contributed by atoms with van der Waals surface area (Å²) >= 11 is 0.918. The van der Waals surface area contributed by atoms with Gasteiger partial charge in [-0.25, -0.2) is 22.0 Å². The summed E-state index contributed by atoms with van der Waals surface area (Å²) in [5.74, 6) is -9.60. The second-order valence-electron chi connectivity index (χ2n) is 3.43. The molecule has 90 valence electrons. The summed E-state index contributed by atoms with van der Waals surface area (Å²) in [6, 6.07) is 1.36. The number of thiophene rings is 1. The van der Waals surface area contributed by atoms with Gasteiger partial charge in [0.25, 0.3) is 0 Å². The zero-order valence-corrected chi connectivity index (χ0v) is 9.27. The van der Waals surface area contributed by atoms with Gasteiger partial charge in [-0.3, -0.25) is 0 Å². The third-order valence-corrected chi connectivity index (χ3v) is 3.25. The monoisotopic (exact) mass is 264 g/mol. The van der Waals surface area contributed by atoms with Crippen molar-refractivity contribution in [2.45, 2.75) is 6.92 Å². The smallest absolute Gasteiger partial charge is 0.200 e. The van der Waals surface area contributed by atoms with E-state index in [1.807, 2.05) is 0 Å². The fourth-order valence-electron chi connectivity index (χ4n) is 1.38. The number of hydrogen-bond acceptors (Lipinski definition) is 1. The summed E-state index contributed by atoms with van der Waals surface area (Å²) in [5, 5.41) is 1.56. The Morgan fingerprint density at radius 2 is 1.29 bits per heavy atom. The predicted octanol–water partition coefficient (Wildman–Crippen LogP) is 4.42. The highest BCUT2D eigenvalue weighted by Crippen LogP contribution is 2.34. The van der Waals surface area contributed by atoms with E-state index < -0.39 is 34.6 Å². The van der Waals surface area contributed by atoms with E-state index in [2.05, 4.69) is 0 Å². The van der Waals surface area contributed by atoms with Crippen molar-refractivity contribution in [1.29, 1.82) is 0 Å². The molecule has 0 saturated heterocycles. The van der Waals surface area contributed by atoms with Crippen molar-refractivity contribution in [3.63, 3.8) is 0 Å². The van der Waals surface area contributed by atoms with E-state index in [1.165, 1.54) is 6.07 Å². The number of hydrogen-bond donors (Lipinski definition) is 0. The lowest BCUT2D eigenvalue weighted by molar-refractivity contribution is 0.381. The van der Waals surface area contributed by atoms with Crippen LogP contribution in [-0.2, 0) is 0 Å². The Balaban J connectivity index is 2.78. The fraction of sp³-hybridized carbons (Fsp3) is 0.0909. The number of aryl methyl sites for hydroxylation is 1. The molecule has 1 aromatic carbocycles. The summed E-state index contributed by atoms with van der Waals surface area (Å²) in [6.45, 7) is 1.66. The lowest BCUT2D eigenvalue weighted by Crippen LogP contribution is -2.03. The van der Waals surface area contributed by atoms with Crippen molar-refractivity contribution in [3.8, 4) is 10.4 Å². The second-order valence-corrected chi connectivity index (χ2v) is 4.34. The standard InChI is InChI=1S/C11H5F5S/c1-4-2-5(17-3-4)6-7(12)9(14)11(16)10(15)8(6)13/h2-3H,1H3. The van der Waals surface area contributed by atoms with E-state index >= 15 is 0 Å². The molecule has 0 atom stereocenters. The summed E-state index contributed by atoms with van der Waals surface area (Å²) in [7, 11) is 0. The highest BCUT2D eigenvalue weighted by Gasteiger charge is 2.27. The van der Waals surface area contributed by atoms with E-state index in [4.69, 9.17) is 0 Å². The van der Waals surface area contributed by atoms with Crippen molar-refractivity contribution in [2.75, 3.05) is 0 Å². The van der Waals surface area contributed by atoms with E-state index in [1.54, 1.807) is 12.3 Å². The van der Waals surface area contributed by atoms with Crippen LogP contribution in [0.15, 0.2) is 11.4 Å². The molecule has 1 aromatic heterocycles. The Morgan fingerprint density at radius 1 is 0.824 bits per heavy atom. The topological polar surface area (TPSA) is 0 Å². The van der Waals surface area contributed by atoms with Crippen LogP contribution in [0.3, 0.4) is 0 Å². The highest BCUT2D eigenvalue weighted by molar-refractivity contribution is 7.13. The number of rotatable bonds is 1. The molecule has 0 N–H and O–H groups in total. The number of benzene rings is 1. The lowest BCUT2D eigenvalue weighted by Gasteiger charge is -2.05. The zero-order valence-electron chi connectivity index (χ0n) is 8.45. The quantitative estimate of drug-likeness (QED) is 0.406. The molecular formula is C11H5F5S. The molecule has 0 amide bonds. The number of halogens is 5. The second kappa shape index (κ2) is 4.10. The molecule has 0 spiro atoms. The zero-order chi connectivity index (χ0) is 12.7. The first-order valence-electron chi connectivity index (χ1n) is 4.50. The van der Waals surface area contributed by atoms with Gasteiger partial charge in [0.1, 0.15) is 0 Å².